The second kappa shape index (κ2) is 7.84. The van der Waals surface area contributed by atoms with Gasteiger partial charge in [0.2, 0.25) is 6.41 Å². The maximum absolute atomic E-state index is 11.2. The van der Waals surface area contributed by atoms with Crippen LogP contribution in [-0.2, 0) is 4.79 Å². The number of pyridine rings is 2. The molecule has 1 atom stereocenters. The fraction of sp³-hybridized carbons (Fsp3) is 0.318. The molecule has 0 aliphatic heterocycles. The highest BCUT2D eigenvalue weighted by molar-refractivity contribution is 5.97. The summed E-state index contributed by atoms with van der Waals surface area (Å²) in [6, 6.07) is 11.9. The molecular weight excluding hydrogens is 336 g/mol. The zero-order valence-electron chi connectivity index (χ0n) is 15.3. The molecule has 1 aromatic carbocycles. The Morgan fingerprint density at radius 2 is 1.81 bits per heavy atom. The zero-order chi connectivity index (χ0) is 18.6. The lowest BCUT2D eigenvalue weighted by atomic mass is 9.83. The molecule has 3 aromatic rings. The highest BCUT2D eigenvalue weighted by atomic mass is 16.1. The second-order valence-electron chi connectivity index (χ2n) is 7.25. The van der Waals surface area contributed by atoms with Crippen molar-refractivity contribution in [3.8, 4) is 11.1 Å². The van der Waals surface area contributed by atoms with Crippen molar-refractivity contribution in [2.45, 2.75) is 38.1 Å². The van der Waals surface area contributed by atoms with Crippen molar-refractivity contribution in [2.24, 2.45) is 11.7 Å². The molecule has 0 bridgehead atoms. The number of nitrogens with zero attached hydrogens (tertiary/aromatic N) is 2. The summed E-state index contributed by atoms with van der Waals surface area (Å²) in [5.74, 6) is 0.462. The number of rotatable bonds is 5. The van der Waals surface area contributed by atoms with Crippen LogP contribution < -0.4 is 11.1 Å². The van der Waals surface area contributed by atoms with E-state index in [1.54, 1.807) is 12.4 Å². The molecule has 27 heavy (non-hydrogen) atoms. The minimum absolute atomic E-state index is 0.0956. The third-order valence-corrected chi connectivity index (χ3v) is 5.56. The third-order valence-electron chi connectivity index (χ3n) is 5.56. The van der Waals surface area contributed by atoms with Crippen LogP contribution in [0.3, 0.4) is 0 Å². The fourth-order valence-electron chi connectivity index (χ4n) is 4.06. The lowest BCUT2D eigenvalue weighted by Gasteiger charge is -2.27. The van der Waals surface area contributed by atoms with Crippen LogP contribution in [0.2, 0.25) is 0 Å². The van der Waals surface area contributed by atoms with Gasteiger partial charge in [-0.1, -0.05) is 25.3 Å². The SMILES string of the molecule is NC(c1cc(NC=O)c2cc(-c3ccncc3)ccc2n1)C1CCCCC1. The monoisotopic (exact) mass is 360 g/mol. The first-order chi connectivity index (χ1) is 13.3. The number of fused-ring (bicyclic) bond motifs is 1. The van der Waals surface area contributed by atoms with Gasteiger partial charge in [-0.05, 0) is 60.2 Å². The van der Waals surface area contributed by atoms with Gasteiger partial charge in [0, 0.05) is 23.8 Å². The normalized spacial score (nSPS) is 16.2. The molecule has 5 nitrogen and oxygen atoms in total. The topological polar surface area (TPSA) is 80.9 Å². The number of carbonyl (C=O) groups is 1. The van der Waals surface area contributed by atoms with Crippen LogP contribution in [-0.4, -0.2) is 16.4 Å². The molecule has 1 unspecified atom stereocenters. The van der Waals surface area contributed by atoms with Gasteiger partial charge in [0.25, 0.3) is 0 Å². The molecule has 1 aliphatic carbocycles. The maximum atomic E-state index is 11.2. The van der Waals surface area contributed by atoms with Gasteiger partial charge in [-0.3, -0.25) is 14.8 Å². The summed E-state index contributed by atoms with van der Waals surface area (Å²) >= 11 is 0. The number of carbonyl (C=O) groups excluding carboxylic acids is 1. The smallest absolute Gasteiger partial charge is 0.211 e. The van der Waals surface area contributed by atoms with Gasteiger partial charge in [-0.2, -0.15) is 0 Å². The van der Waals surface area contributed by atoms with Gasteiger partial charge in [0.05, 0.1) is 16.9 Å². The molecule has 5 heteroatoms. The Labute approximate surface area is 159 Å². The van der Waals surface area contributed by atoms with Gasteiger partial charge in [-0.15, -0.1) is 0 Å². The number of benzene rings is 1. The Morgan fingerprint density at radius 1 is 1.04 bits per heavy atom. The number of hydrogen-bond donors (Lipinski definition) is 2. The molecule has 1 saturated carbocycles. The van der Waals surface area contributed by atoms with Crippen LogP contribution in [0.5, 0.6) is 0 Å². The van der Waals surface area contributed by atoms with Crippen LogP contribution in [0.25, 0.3) is 22.0 Å². The average Bonchev–Trinajstić information content (AvgIpc) is 2.74. The van der Waals surface area contributed by atoms with Crippen LogP contribution in [0.15, 0.2) is 48.8 Å². The molecule has 1 fully saturated rings. The molecule has 0 radical (unpaired) electrons. The van der Waals surface area contributed by atoms with Gasteiger partial charge in [0.1, 0.15) is 0 Å². The van der Waals surface area contributed by atoms with Crippen molar-refractivity contribution >= 4 is 23.0 Å². The number of nitrogens with two attached hydrogens (primary N) is 1. The Morgan fingerprint density at radius 3 is 2.56 bits per heavy atom. The Balaban J connectivity index is 1.76. The number of nitrogens with one attached hydrogen (secondary N) is 1. The lowest BCUT2D eigenvalue weighted by molar-refractivity contribution is -0.105. The van der Waals surface area contributed by atoms with E-state index < -0.39 is 0 Å². The summed E-state index contributed by atoms with van der Waals surface area (Å²) in [5, 5.41) is 3.75. The quantitative estimate of drug-likeness (QED) is 0.659. The predicted molar refractivity (Wildman–Crippen MR) is 108 cm³/mol. The Kier molecular flexibility index (Phi) is 5.12. The Bertz CT molecular complexity index is 936. The summed E-state index contributed by atoms with van der Waals surface area (Å²) in [5.41, 5.74) is 11.2. The summed E-state index contributed by atoms with van der Waals surface area (Å²) in [7, 11) is 0. The third kappa shape index (κ3) is 3.69. The summed E-state index contributed by atoms with van der Waals surface area (Å²) in [6.07, 6.45) is 10.3. The van der Waals surface area contributed by atoms with Gasteiger partial charge in [0.15, 0.2) is 0 Å². The van der Waals surface area contributed by atoms with Gasteiger partial charge >= 0.3 is 0 Å². The van der Waals surface area contributed by atoms with Crippen molar-refractivity contribution in [3.63, 3.8) is 0 Å². The fourth-order valence-corrected chi connectivity index (χ4v) is 4.06. The standard InChI is InChI=1S/C22H24N4O/c23-22(16-4-2-1-3-5-16)21-13-20(25-14-27)18-12-17(6-7-19(18)26-21)15-8-10-24-11-9-15/h6-14,16,22H,1-5,23H2,(H,25,26,27). The predicted octanol–water partition coefficient (Wildman–Crippen LogP) is 4.45. The number of amides is 1. The van der Waals surface area contributed by atoms with Crippen molar-refractivity contribution in [2.75, 3.05) is 5.32 Å². The van der Waals surface area contributed by atoms with Crippen molar-refractivity contribution in [1.29, 1.82) is 0 Å². The molecule has 0 saturated heterocycles. The number of aromatic nitrogens is 2. The van der Waals surface area contributed by atoms with Crippen LogP contribution in [0, 0.1) is 5.92 Å². The van der Waals surface area contributed by atoms with Crippen LogP contribution in [0.4, 0.5) is 5.69 Å². The molecule has 0 spiro atoms. The first-order valence-electron chi connectivity index (χ1n) is 9.57. The molecule has 2 heterocycles. The average molecular weight is 360 g/mol. The number of anilines is 1. The highest BCUT2D eigenvalue weighted by Crippen LogP contribution is 2.35. The van der Waals surface area contributed by atoms with E-state index in [0.717, 1.165) is 46.3 Å². The Hall–Kier alpha value is -2.79. The largest absolute Gasteiger partial charge is 0.328 e. The molecule has 4 rings (SSSR count). The van der Waals surface area contributed by atoms with Crippen LogP contribution in [0.1, 0.15) is 43.8 Å². The second-order valence-corrected chi connectivity index (χ2v) is 7.25. The van der Waals surface area contributed by atoms with E-state index in [1.165, 1.54) is 19.3 Å². The van der Waals surface area contributed by atoms with E-state index >= 15 is 0 Å². The van der Waals surface area contributed by atoms with E-state index in [4.69, 9.17) is 10.7 Å². The van der Waals surface area contributed by atoms with Crippen LogP contribution >= 0.6 is 0 Å². The van der Waals surface area contributed by atoms with Gasteiger partial charge in [-0.25, -0.2) is 0 Å². The first-order valence-corrected chi connectivity index (χ1v) is 9.57. The summed E-state index contributed by atoms with van der Waals surface area (Å²) in [6.45, 7) is 0. The molecule has 138 valence electrons. The van der Waals surface area contributed by atoms with Crippen molar-refractivity contribution < 1.29 is 4.79 Å². The highest BCUT2D eigenvalue weighted by Gasteiger charge is 2.23. The van der Waals surface area contributed by atoms with E-state index in [1.807, 2.05) is 30.3 Å². The van der Waals surface area contributed by atoms with E-state index in [9.17, 15) is 4.79 Å². The molecule has 1 amide bonds. The summed E-state index contributed by atoms with van der Waals surface area (Å²) in [4.78, 5) is 20.1. The molecule has 2 aromatic heterocycles. The van der Waals surface area contributed by atoms with E-state index in [-0.39, 0.29) is 6.04 Å². The molecule has 1 aliphatic rings. The van der Waals surface area contributed by atoms with Gasteiger partial charge < -0.3 is 11.1 Å². The number of hydrogen-bond acceptors (Lipinski definition) is 4. The van der Waals surface area contributed by atoms with Crippen molar-refractivity contribution in [3.05, 3.63) is 54.5 Å². The molecular formula is C22H24N4O. The van der Waals surface area contributed by atoms with E-state index in [2.05, 4.69) is 16.4 Å². The molecule has 3 N–H and O–H groups in total. The summed E-state index contributed by atoms with van der Waals surface area (Å²) < 4.78 is 0. The zero-order valence-corrected chi connectivity index (χ0v) is 15.3. The minimum Gasteiger partial charge on any atom is -0.328 e. The maximum Gasteiger partial charge on any atom is 0.211 e. The van der Waals surface area contributed by atoms with E-state index in [0.29, 0.717) is 12.3 Å². The lowest BCUT2D eigenvalue weighted by Crippen LogP contribution is -2.24. The first kappa shape index (κ1) is 17.6. The minimum atomic E-state index is -0.0956. The van der Waals surface area contributed by atoms with Crippen molar-refractivity contribution in [1.82, 2.24) is 9.97 Å².